The lowest BCUT2D eigenvalue weighted by molar-refractivity contribution is -0.153. The minimum atomic E-state index is -2.20. The Kier molecular flexibility index (Phi) is 15.3. The van der Waals surface area contributed by atoms with Gasteiger partial charge in [0.15, 0.2) is 16.6 Å². The Bertz CT molecular complexity index is 1210. The third kappa shape index (κ3) is 10.2. The third-order valence-corrected chi connectivity index (χ3v) is 22.1. The van der Waals surface area contributed by atoms with Gasteiger partial charge in [-0.2, -0.15) is 0 Å². The van der Waals surface area contributed by atoms with Crippen molar-refractivity contribution in [2.24, 2.45) is 17.3 Å². The third-order valence-electron chi connectivity index (χ3n) is 12.0. The Balaban J connectivity index is 2.05. The molecule has 0 aliphatic carbocycles. The van der Waals surface area contributed by atoms with Gasteiger partial charge in [-0.25, -0.2) is 4.98 Å². The summed E-state index contributed by atoms with van der Waals surface area (Å²) in [5, 5.41) is 3.03. The van der Waals surface area contributed by atoms with Crippen molar-refractivity contribution in [1.82, 2.24) is 4.98 Å². The van der Waals surface area contributed by atoms with Crippen molar-refractivity contribution in [2.45, 2.75) is 182 Å². The number of fused-ring (bicyclic) bond motifs is 1. The molecule has 2 aliphatic rings. The van der Waals surface area contributed by atoms with E-state index in [2.05, 4.69) is 60.4 Å². The molecule has 0 bridgehead atoms. The van der Waals surface area contributed by atoms with Gasteiger partial charge in [-0.1, -0.05) is 75.7 Å². The molecule has 2 unspecified atom stereocenters. The lowest BCUT2D eigenvalue weighted by Gasteiger charge is -2.44. The molecule has 7 nitrogen and oxygen atoms in total. The van der Waals surface area contributed by atoms with E-state index < -0.39 is 34.3 Å². The number of hydrogen-bond donors (Lipinski definition) is 0. The number of thiazole rings is 1. The summed E-state index contributed by atoms with van der Waals surface area (Å²) in [6.45, 7) is 25.7. The lowest BCUT2D eigenvalue weighted by atomic mass is 9.73. The van der Waals surface area contributed by atoms with E-state index in [0.29, 0.717) is 6.42 Å². The average Bonchev–Trinajstić information content (AvgIpc) is 3.68. The molecule has 0 radical (unpaired) electrons. The van der Waals surface area contributed by atoms with Gasteiger partial charge in [-0.15, -0.1) is 11.3 Å². The summed E-state index contributed by atoms with van der Waals surface area (Å²) in [6.07, 6.45) is 4.65. The van der Waals surface area contributed by atoms with Gasteiger partial charge >= 0.3 is 5.97 Å². The number of cyclic esters (lactones) is 1. The number of carbonyl (C=O) groups is 2. The minimum Gasteiger partial charge on any atom is -0.458 e. The van der Waals surface area contributed by atoms with E-state index >= 15 is 0 Å². The molecule has 0 saturated carbocycles. The number of esters is 1. The molecule has 3 rings (SSSR count). The van der Waals surface area contributed by atoms with E-state index in [9.17, 15) is 9.59 Å². The van der Waals surface area contributed by atoms with E-state index in [1.807, 2.05) is 39.2 Å². The van der Waals surface area contributed by atoms with Crippen LogP contribution in [0.4, 0.5) is 0 Å². The molecule has 48 heavy (non-hydrogen) atoms. The maximum atomic E-state index is 14.9. The number of ether oxygens (including phenoxy) is 2. The molecule has 2 aliphatic heterocycles. The van der Waals surface area contributed by atoms with E-state index in [4.69, 9.17) is 18.3 Å². The summed E-state index contributed by atoms with van der Waals surface area (Å²) in [5.74, 6) is -0.307. The van der Waals surface area contributed by atoms with Crippen LogP contribution in [0.15, 0.2) is 11.0 Å². The summed E-state index contributed by atoms with van der Waals surface area (Å²) in [5.41, 5.74) is 0.922. The number of rotatable bonds is 12. The fourth-order valence-corrected chi connectivity index (χ4v) is 14.3. The van der Waals surface area contributed by atoms with Crippen molar-refractivity contribution in [1.29, 1.82) is 0 Å². The van der Waals surface area contributed by atoms with E-state index in [0.717, 1.165) is 71.8 Å². The van der Waals surface area contributed by atoms with Crippen molar-refractivity contribution in [3.8, 4) is 0 Å². The number of epoxide rings is 1. The molecular formula is C38H67NO6SSi2. The molecule has 274 valence electrons. The quantitative estimate of drug-likeness (QED) is 0.121. The van der Waals surface area contributed by atoms with Crippen LogP contribution in [-0.4, -0.2) is 63.9 Å². The van der Waals surface area contributed by atoms with Gasteiger partial charge in [0, 0.05) is 23.1 Å². The predicted octanol–water partition coefficient (Wildman–Crippen LogP) is 10.1. The highest BCUT2D eigenvalue weighted by Crippen LogP contribution is 2.41. The van der Waals surface area contributed by atoms with E-state index in [1.165, 1.54) is 0 Å². The minimum absolute atomic E-state index is 0.0351. The lowest BCUT2D eigenvalue weighted by Crippen LogP contribution is -2.53. The Morgan fingerprint density at radius 2 is 1.54 bits per heavy atom. The van der Waals surface area contributed by atoms with Crippen LogP contribution < -0.4 is 0 Å². The summed E-state index contributed by atoms with van der Waals surface area (Å²) in [7, 11) is -4.21. The summed E-state index contributed by atoms with van der Waals surface area (Å²) >= 11 is 1.61. The number of carbonyl (C=O) groups excluding carboxylic acids is 2. The second kappa shape index (κ2) is 17.8. The number of Topliss-reactive ketones (excluding diaryl/α,β-unsaturated/α-hetero) is 1. The molecule has 0 spiro atoms. The fraction of sp³-hybridized carbons (Fsp3) is 0.816. The summed E-state index contributed by atoms with van der Waals surface area (Å²) in [4.78, 5) is 33.5. The first-order valence-electron chi connectivity index (χ1n) is 19.0. The number of aromatic nitrogens is 1. The summed E-state index contributed by atoms with van der Waals surface area (Å²) in [6, 6.07) is 5.92. The summed E-state index contributed by atoms with van der Waals surface area (Å²) < 4.78 is 26.9. The van der Waals surface area contributed by atoms with Crippen LogP contribution in [0.1, 0.15) is 119 Å². The van der Waals surface area contributed by atoms with Gasteiger partial charge in [-0.05, 0) is 80.5 Å². The molecule has 7 atom stereocenters. The predicted molar refractivity (Wildman–Crippen MR) is 203 cm³/mol. The molecule has 2 fully saturated rings. The largest absolute Gasteiger partial charge is 0.458 e. The molecule has 3 heterocycles. The zero-order valence-corrected chi connectivity index (χ0v) is 35.1. The van der Waals surface area contributed by atoms with Crippen LogP contribution in [0.25, 0.3) is 6.08 Å². The SMILES string of the molecule is CC[Si](CC)(CC)O[C@@H]1[C@@H](C)CCC[C@H]2OC2CC(/C(C)=C/c2csc(C)n2)OC(=O)C[C@@H](O[Si](CC)(CC)CC)C(C)(C)C(=O)[C@@H]1C. The molecule has 1 aromatic heterocycles. The van der Waals surface area contributed by atoms with E-state index in [1.54, 1.807) is 11.3 Å². The van der Waals surface area contributed by atoms with Crippen LogP contribution in [0, 0.1) is 24.2 Å². The molecule has 0 aromatic carbocycles. The van der Waals surface area contributed by atoms with Crippen LogP contribution in [0.2, 0.25) is 36.3 Å². The van der Waals surface area contributed by atoms with Gasteiger partial charge in [0.1, 0.15) is 11.9 Å². The Labute approximate surface area is 298 Å². The van der Waals surface area contributed by atoms with Gasteiger partial charge in [0.25, 0.3) is 0 Å². The fourth-order valence-electron chi connectivity index (χ4n) is 7.75. The van der Waals surface area contributed by atoms with Crippen LogP contribution in [0.3, 0.4) is 0 Å². The van der Waals surface area contributed by atoms with Crippen LogP contribution >= 0.6 is 11.3 Å². The monoisotopic (exact) mass is 721 g/mol. The molecule has 1 aromatic rings. The zero-order valence-electron chi connectivity index (χ0n) is 32.3. The molecule has 2 saturated heterocycles. The highest BCUT2D eigenvalue weighted by atomic mass is 32.1. The highest BCUT2D eigenvalue weighted by Gasteiger charge is 2.49. The first kappa shape index (κ1) is 41.2. The second-order valence-electron chi connectivity index (χ2n) is 15.3. The highest BCUT2D eigenvalue weighted by molar-refractivity contribution is 7.09. The van der Waals surface area contributed by atoms with Crippen molar-refractivity contribution in [3.05, 3.63) is 21.7 Å². The Morgan fingerprint density at radius 3 is 2.08 bits per heavy atom. The normalized spacial score (nSPS) is 29.8. The van der Waals surface area contributed by atoms with Gasteiger partial charge in [0.2, 0.25) is 0 Å². The maximum Gasteiger partial charge on any atom is 0.309 e. The number of ketones is 1. The Hall–Kier alpha value is -1.18. The van der Waals surface area contributed by atoms with Crippen molar-refractivity contribution in [3.63, 3.8) is 0 Å². The smallest absolute Gasteiger partial charge is 0.309 e. The van der Waals surface area contributed by atoms with Gasteiger partial charge in [0.05, 0.1) is 41.5 Å². The average molecular weight is 722 g/mol. The van der Waals surface area contributed by atoms with Crippen LogP contribution in [0.5, 0.6) is 0 Å². The molecular weight excluding hydrogens is 655 g/mol. The standard InChI is InChI=1S/C38H67NO6SSi2/c1-13-47(14-2,15-3)44-34-24-35(40)43-32(27(8)22-30-25-46-29(10)39-30)23-33-31(42-33)21-19-20-26(7)36(28(9)37(41)38(34,11)12)45-48(16-4,17-5)18-6/h22,25-26,28,31-34,36H,13-21,23-24H2,1-12H3/b27-22+/t26-,28+,31+,32?,33?,34+,36+/m0/s1. The second-order valence-corrected chi connectivity index (χ2v) is 25.8. The molecule has 0 N–H and O–H groups in total. The topological polar surface area (TPSA) is 87.2 Å². The first-order chi connectivity index (χ1) is 22.6. The maximum absolute atomic E-state index is 14.9. The first-order valence-corrected chi connectivity index (χ1v) is 24.9. The van der Waals surface area contributed by atoms with Crippen molar-refractivity contribution in [2.75, 3.05) is 0 Å². The zero-order chi connectivity index (χ0) is 35.9. The number of nitrogens with zero attached hydrogens (tertiary/aromatic N) is 1. The van der Waals surface area contributed by atoms with Gasteiger partial charge in [-0.3, -0.25) is 9.59 Å². The molecule has 0 amide bonds. The van der Waals surface area contributed by atoms with E-state index in [-0.39, 0.29) is 48.3 Å². The van der Waals surface area contributed by atoms with Crippen LogP contribution in [-0.2, 0) is 27.9 Å². The molecule has 10 heteroatoms. The number of aryl methyl sites for hydroxylation is 1. The Morgan fingerprint density at radius 1 is 0.958 bits per heavy atom. The van der Waals surface area contributed by atoms with Gasteiger partial charge < -0.3 is 18.3 Å². The van der Waals surface area contributed by atoms with Crippen molar-refractivity contribution >= 4 is 45.8 Å². The number of hydrogen-bond acceptors (Lipinski definition) is 8. The van der Waals surface area contributed by atoms with Crippen molar-refractivity contribution < 1.29 is 27.9 Å².